The van der Waals surface area contributed by atoms with Gasteiger partial charge in [0.15, 0.2) is 0 Å². The zero-order valence-electron chi connectivity index (χ0n) is 16.2. The molecule has 0 aliphatic carbocycles. The van der Waals surface area contributed by atoms with Crippen molar-refractivity contribution in [3.63, 3.8) is 0 Å². The minimum absolute atomic E-state index is 0.213. The van der Waals surface area contributed by atoms with Crippen LogP contribution in [0.1, 0.15) is 17.0 Å². The first-order chi connectivity index (χ1) is 15.1. The van der Waals surface area contributed by atoms with E-state index in [1.54, 1.807) is 0 Å². The van der Waals surface area contributed by atoms with E-state index in [-0.39, 0.29) is 11.3 Å². The van der Waals surface area contributed by atoms with E-state index >= 15 is 0 Å². The van der Waals surface area contributed by atoms with Crippen molar-refractivity contribution in [3.8, 4) is 11.3 Å². The third-order valence-electron chi connectivity index (χ3n) is 5.85. The summed E-state index contributed by atoms with van der Waals surface area (Å²) < 4.78 is 0. The summed E-state index contributed by atoms with van der Waals surface area (Å²) in [6, 6.07) is 21.3. The van der Waals surface area contributed by atoms with Crippen LogP contribution >= 0.6 is 0 Å². The first-order valence-corrected chi connectivity index (χ1v) is 9.87. The second-order valence-electron chi connectivity index (χ2n) is 7.64. The molecule has 0 bridgehead atoms. The van der Waals surface area contributed by atoms with E-state index in [1.165, 1.54) is 0 Å². The Kier molecular flexibility index (Phi) is 3.55. The first kappa shape index (κ1) is 17.5. The third kappa shape index (κ3) is 2.56. The minimum Gasteiger partial charge on any atom is -0.340 e. The first-order valence-electron chi connectivity index (χ1n) is 9.87. The summed E-state index contributed by atoms with van der Waals surface area (Å²) in [5.74, 6) is -0.895. The maximum absolute atomic E-state index is 13.0. The molecule has 3 aromatic carbocycles. The molecule has 5 aromatic rings. The van der Waals surface area contributed by atoms with Crippen LogP contribution in [-0.4, -0.2) is 20.9 Å². The summed E-state index contributed by atoms with van der Waals surface area (Å²) in [4.78, 5) is 45.9. The number of hydrogen-bond acceptors (Lipinski definition) is 3. The Balaban J connectivity index is 1.71. The summed E-state index contributed by atoms with van der Waals surface area (Å²) >= 11 is 0. The fourth-order valence-corrected chi connectivity index (χ4v) is 4.51. The number of amides is 1. The number of hydrogen-bond donors (Lipinski definition) is 4. The van der Waals surface area contributed by atoms with Crippen molar-refractivity contribution < 1.29 is 4.79 Å². The second kappa shape index (κ2) is 6.30. The van der Waals surface area contributed by atoms with Crippen molar-refractivity contribution in [1.29, 1.82) is 0 Å². The molecule has 0 saturated carbocycles. The number of fused-ring (bicyclic) bond motifs is 3. The minimum atomic E-state index is -0.682. The average molecular weight is 408 g/mol. The molecule has 1 amide bonds. The van der Waals surface area contributed by atoms with Gasteiger partial charge in [0.1, 0.15) is 5.65 Å². The monoisotopic (exact) mass is 408 g/mol. The van der Waals surface area contributed by atoms with Gasteiger partial charge >= 0.3 is 5.69 Å². The van der Waals surface area contributed by atoms with Crippen molar-refractivity contribution >= 4 is 33.4 Å². The molecule has 2 aromatic heterocycles. The molecule has 6 rings (SSSR count). The van der Waals surface area contributed by atoms with Gasteiger partial charge in [0.25, 0.3) is 5.56 Å². The van der Waals surface area contributed by atoms with Crippen LogP contribution in [0, 0.1) is 0 Å². The molecule has 1 aliphatic rings. The van der Waals surface area contributed by atoms with Gasteiger partial charge in [0.05, 0.1) is 17.0 Å². The topological polar surface area (TPSA) is 111 Å². The second-order valence-corrected chi connectivity index (χ2v) is 7.64. The summed E-state index contributed by atoms with van der Waals surface area (Å²) in [6.45, 7) is 0. The average Bonchev–Trinajstić information content (AvgIpc) is 3.29. The molecule has 7 heteroatoms. The zero-order chi connectivity index (χ0) is 21.1. The van der Waals surface area contributed by atoms with Gasteiger partial charge in [-0.2, -0.15) is 0 Å². The van der Waals surface area contributed by atoms with Gasteiger partial charge in [-0.25, -0.2) is 4.79 Å². The van der Waals surface area contributed by atoms with Gasteiger partial charge in [0, 0.05) is 11.3 Å². The van der Waals surface area contributed by atoms with Gasteiger partial charge < -0.3 is 10.3 Å². The SMILES string of the molecule is O=C1Nc2ccccc2[C@H]1c1c(-c2ccc3ccccc3c2)[nH]c2[nH]c(=O)[nH]c(=O)c12. The number of rotatable bonds is 2. The third-order valence-corrected chi connectivity index (χ3v) is 5.85. The van der Waals surface area contributed by atoms with Crippen LogP contribution in [0.5, 0.6) is 0 Å². The van der Waals surface area contributed by atoms with Crippen LogP contribution in [0.2, 0.25) is 0 Å². The Morgan fingerprint density at radius 3 is 2.39 bits per heavy atom. The lowest BCUT2D eigenvalue weighted by Gasteiger charge is -2.12. The number of nitrogens with one attached hydrogen (secondary N) is 4. The predicted octanol–water partition coefficient (Wildman–Crippen LogP) is 3.45. The highest BCUT2D eigenvalue weighted by molar-refractivity contribution is 6.09. The van der Waals surface area contributed by atoms with Crippen molar-refractivity contribution in [2.45, 2.75) is 5.92 Å². The fraction of sp³-hybridized carbons (Fsp3) is 0.0417. The lowest BCUT2D eigenvalue weighted by Crippen LogP contribution is -2.23. The number of aromatic nitrogens is 3. The Morgan fingerprint density at radius 1 is 0.742 bits per heavy atom. The van der Waals surface area contributed by atoms with Crippen LogP contribution in [-0.2, 0) is 4.79 Å². The number of H-pyrrole nitrogens is 3. The normalized spacial score (nSPS) is 15.4. The molecule has 3 heterocycles. The molecule has 0 saturated heterocycles. The number of carbonyl (C=O) groups is 1. The largest absolute Gasteiger partial charge is 0.340 e. The van der Waals surface area contributed by atoms with E-state index < -0.39 is 17.2 Å². The standard InChI is InChI=1S/C24H16N4O3/c29-22-17(15-7-3-4-8-16(15)25-22)18-19-21(27-24(31)28-23(19)30)26-20(18)14-10-9-12-5-1-2-6-13(12)11-14/h1-11,17H,(H,25,29)(H3,26,27,28,30,31)/t17-/m0/s1. The summed E-state index contributed by atoms with van der Waals surface area (Å²) in [6.07, 6.45) is 0. The molecule has 1 atom stereocenters. The molecule has 7 nitrogen and oxygen atoms in total. The molecule has 150 valence electrons. The van der Waals surface area contributed by atoms with Gasteiger partial charge in [0.2, 0.25) is 5.91 Å². The molecule has 0 fully saturated rings. The van der Waals surface area contributed by atoms with Crippen LogP contribution in [0.25, 0.3) is 33.1 Å². The summed E-state index contributed by atoms with van der Waals surface area (Å²) in [7, 11) is 0. The molecule has 1 aliphatic heterocycles. The molecule has 31 heavy (non-hydrogen) atoms. The smallest absolute Gasteiger partial charge is 0.327 e. The van der Waals surface area contributed by atoms with Gasteiger partial charge in [-0.1, -0.05) is 54.6 Å². The van der Waals surface area contributed by atoms with E-state index in [1.807, 2.05) is 66.7 Å². The Bertz CT molecular complexity index is 1640. The van der Waals surface area contributed by atoms with Crippen LogP contribution in [0.15, 0.2) is 76.3 Å². The van der Waals surface area contributed by atoms with E-state index in [0.717, 1.165) is 27.6 Å². The van der Waals surface area contributed by atoms with E-state index in [4.69, 9.17) is 0 Å². The van der Waals surface area contributed by atoms with Crippen molar-refractivity contribution in [2.75, 3.05) is 5.32 Å². The highest BCUT2D eigenvalue weighted by atomic mass is 16.2. The quantitative estimate of drug-likeness (QED) is 0.359. The van der Waals surface area contributed by atoms with Crippen LogP contribution < -0.4 is 16.6 Å². The lowest BCUT2D eigenvalue weighted by molar-refractivity contribution is -0.116. The number of aromatic amines is 3. The van der Waals surface area contributed by atoms with Gasteiger partial charge in [-0.15, -0.1) is 0 Å². The van der Waals surface area contributed by atoms with Gasteiger partial charge in [-0.3, -0.25) is 19.6 Å². The van der Waals surface area contributed by atoms with Crippen molar-refractivity contribution in [1.82, 2.24) is 15.0 Å². The lowest BCUT2D eigenvalue weighted by atomic mass is 9.88. The van der Waals surface area contributed by atoms with E-state index in [0.29, 0.717) is 16.9 Å². The predicted molar refractivity (Wildman–Crippen MR) is 119 cm³/mol. The summed E-state index contributed by atoms with van der Waals surface area (Å²) in [5, 5.41) is 5.29. The van der Waals surface area contributed by atoms with Crippen molar-refractivity contribution in [3.05, 3.63) is 98.7 Å². The molecule has 0 unspecified atom stereocenters. The number of carbonyl (C=O) groups excluding carboxylic acids is 1. The number of para-hydroxylation sites is 1. The van der Waals surface area contributed by atoms with Crippen LogP contribution in [0.4, 0.5) is 5.69 Å². The fourth-order valence-electron chi connectivity index (χ4n) is 4.51. The van der Waals surface area contributed by atoms with E-state index in [2.05, 4.69) is 20.3 Å². The number of anilines is 1. The molecular weight excluding hydrogens is 392 g/mol. The highest BCUT2D eigenvalue weighted by Crippen LogP contribution is 2.43. The molecule has 4 N–H and O–H groups in total. The maximum Gasteiger partial charge on any atom is 0.327 e. The van der Waals surface area contributed by atoms with Crippen LogP contribution in [0.3, 0.4) is 0 Å². The van der Waals surface area contributed by atoms with E-state index in [9.17, 15) is 14.4 Å². The Hall–Kier alpha value is -4.39. The van der Waals surface area contributed by atoms with Gasteiger partial charge in [-0.05, 0) is 34.0 Å². The molecule has 0 radical (unpaired) electrons. The van der Waals surface area contributed by atoms with Crippen molar-refractivity contribution in [2.24, 2.45) is 0 Å². The maximum atomic E-state index is 13.0. The summed E-state index contributed by atoms with van der Waals surface area (Å²) in [5.41, 5.74) is 2.67. The Morgan fingerprint density at radius 2 is 1.52 bits per heavy atom. The Labute approximate surface area is 174 Å². The molecule has 0 spiro atoms. The molecular formula is C24H16N4O3. The number of benzene rings is 3. The highest BCUT2D eigenvalue weighted by Gasteiger charge is 2.36. The zero-order valence-corrected chi connectivity index (χ0v) is 16.2.